The molecule has 2 rings (SSSR count). The molecule has 2 saturated heterocycles. The molecule has 2 fully saturated rings. The van der Waals surface area contributed by atoms with Crippen LogP contribution in [0, 0.1) is 5.92 Å². The van der Waals surface area contributed by atoms with Crippen LogP contribution in [0.4, 0.5) is 0 Å². The first-order chi connectivity index (χ1) is 8.15. The quantitative estimate of drug-likeness (QED) is 0.786. The molecular weight excluding hydrogens is 210 g/mol. The van der Waals surface area contributed by atoms with Crippen LogP contribution < -0.4 is 5.32 Å². The van der Waals surface area contributed by atoms with E-state index in [0.29, 0.717) is 0 Å². The van der Waals surface area contributed by atoms with Gasteiger partial charge in [-0.15, -0.1) is 0 Å². The smallest absolute Gasteiger partial charge is 0.0120 e. The van der Waals surface area contributed by atoms with E-state index in [2.05, 4.69) is 36.1 Å². The Hall–Kier alpha value is -0.120. The van der Waals surface area contributed by atoms with E-state index in [1.54, 1.807) is 0 Å². The molecule has 2 aliphatic heterocycles. The number of nitrogens with one attached hydrogen (secondary N) is 1. The summed E-state index contributed by atoms with van der Waals surface area (Å²) in [5.74, 6) is 0.801. The van der Waals surface area contributed by atoms with Gasteiger partial charge in [-0.05, 0) is 65.3 Å². The average Bonchev–Trinajstić information content (AvgIpc) is 2.48. The van der Waals surface area contributed by atoms with Crippen LogP contribution in [0.1, 0.15) is 32.6 Å². The monoisotopic (exact) mass is 239 g/mol. The molecule has 0 radical (unpaired) electrons. The Morgan fingerprint density at radius 3 is 2.47 bits per heavy atom. The predicted octanol–water partition coefficient (Wildman–Crippen LogP) is 1.40. The minimum absolute atomic E-state index is 0.750. The van der Waals surface area contributed by atoms with Crippen molar-refractivity contribution in [1.29, 1.82) is 0 Å². The van der Waals surface area contributed by atoms with Crippen molar-refractivity contribution in [2.75, 3.05) is 40.3 Å². The van der Waals surface area contributed by atoms with Crippen LogP contribution in [0.5, 0.6) is 0 Å². The van der Waals surface area contributed by atoms with Gasteiger partial charge in [-0.3, -0.25) is 0 Å². The zero-order chi connectivity index (χ0) is 12.3. The molecule has 0 bridgehead atoms. The van der Waals surface area contributed by atoms with Crippen molar-refractivity contribution >= 4 is 0 Å². The fourth-order valence-corrected chi connectivity index (χ4v) is 3.31. The standard InChI is InChI=1S/C14H29N3/c1-12-11-17(3)10-7-14(12)15-13-5-4-8-16(2)9-6-13/h12-15H,4-11H2,1-3H3. The van der Waals surface area contributed by atoms with Gasteiger partial charge < -0.3 is 15.1 Å². The summed E-state index contributed by atoms with van der Waals surface area (Å²) in [6.45, 7) is 7.45. The molecule has 3 unspecified atom stereocenters. The van der Waals surface area contributed by atoms with Crippen LogP contribution in [0.2, 0.25) is 0 Å². The van der Waals surface area contributed by atoms with Gasteiger partial charge in [0.25, 0.3) is 0 Å². The second-order valence-electron chi connectivity index (χ2n) is 6.23. The Balaban J connectivity index is 1.79. The molecule has 0 aliphatic carbocycles. The normalized spacial score (nSPS) is 37.9. The summed E-state index contributed by atoms with van der Waals surface area (Å²) in [4.78, 5) is 4.93. The van der Waals surface area contributed by atoms with Gasteiger partial charge in [0.2, 0.25) is 0 Å². The van der Waals surface area contributed by atoms with Crippen LogP contribution in [0.3, 0.4) is 0 Å². The highest BCUT2D eigenvalue weighted by molar-refractivity contribution is 4.85. The van der Waals surface area contributed by atoms with E-state index in [0.717, 1.165) is 18.0 Å². The maximum Gasteiger partial charge on any atom is 0.0120 e. The molecule has 0 aromatic rings. The van der Waals surface area contributed by atoms with Crippen molar-refractivity contribution in [2.45, 2.75) is 44.7 Å². The van der Waals surface area contributed by atoms with Gasteiger partial charge in [-0.1, -0.05) is 6.92 Å². The third kappa shape index (κ3) is 3.94. The molecule has 2 heterocycles. The van der Waals surface area contributed by atoms with E-state index in [-0.39, 0.29) is 0 Å². The SMILES string of the molecule is CC1CN(C)CCC1NC1CCCN(C)CC1. The average molecular weight is 239 g/mol. The molecule has 3 atom stereocenters. The fourth-order valence-electron chi connectivity index (χ4n) is 3.31. The van der Waals surface area contributed by atoms with Gasteiger partial charge >= 0.3 is 0 Å². The van der Waals surface area contributed by atoms with E-state index >= 15 is 0 Å². The van der Waals surface area contributed by atoms with Gasteiger partial charge in [0, 0.05) is 18.6 Å². The van der Waals surface area contributed by atoms with Crippen molar-refractivity contribution in [3.05, 3.63) is 0 Å². The van der Waals surface area contributed by atoms with Gasteiger partial charge in [0.1, 0.15) is 0 Å². The molecule has 0 aromatic heterocycles. The van der Waals surface area contributed by atoms with Gasteiger partial charge in [-0.2, -0.15) is 0 Å². The first-order valence-electron chi connectivity index (χ1n) is 7.28. The Labute approximate surface area is 107 Å². The highest BCUT2D eigenvalue weighted by atomic mass is 15.1. The number of piperidine rings is 1. The van der Waals surface area contributed by atoms with Crippen molar-refractivity contribution in [3.63, 3.8) is 0 Å². The predicted molar refractivity (Wildman–Crippen MR) is 73.3 cm³/mol. The Bertz CT molecular complexity index is 232. The van der Waals surface area contributed by atoms with E-state index in [1.807, 2.05) is 0 Å². The lowest BCUT2D eigenvalue weighted by atomic mass is 9.92. The summed E-state index contributed by atoms with van der Waals surface area (Å²) in [6.07, 6.45) is 5.37. The molecular formula is C14H29N3. The summed E-state index contributed by atoms with van der Waals surface area (Å²) in [5, 5.41) is 3.94. The largest absolute Gasteiger partial charge is 0.311 e. The van der Waals surface area contributed by atoms with E-state index in [1.165, 1.54) is 51.9 Å². The van der Waals surface area contributed by atoms with E-state index in [9.17, 15) is 0 Å². The Kier molecular flexibility index (Phi) is 4.83. The summed E-state index contributed by atoms with van der Waals surface area (Å²) in [5.41, 5.74) is 0. The summed E-state index contributed by atoms with van der Waals surface area (Å²) in [7, 11) is 4.49. The molecule has 3 nitrogen and oxygen atoms in total. The zero-order valence-electron chi connectivity index (χ0n) is 11.8. The van der Waals surface area contributed by atoms with E-state index in [4.69, 9.17) is 0 Å². The van der Waals surface area contributed by atoms with Gasteiger partial charge in [-0.25, -0.2) is 0 Å². The summed E-state index contributed by atoms with van der Waals surface area (Å²) >= 11 is 0. The third-order valence-electron chi connectivity index (χ3n) is 4.51. The number of hydrogen-bond donors (Lipinski definition) is 1. The number of rotatable bonds is 2. The molecule has 0 saturated carbocycles. The van der Waals surface area contributed by atoms with Crippen molar-refractivity contribution in [2.24, 2.45) is 5.92 Å². The van der Waals surface area contributed by atoms with Crippen molar-refractivity contribution in [1.82, 2.24) is 15.1 Å². The van der Waals surface area contributed by atoms with Crippen LogP contribution in [0.25, 0.3) is 0 Å². The highest BCUT2D eigenvalue weighted by Crippen LogP contribution is 2.18. The van der Waals surface area contributed by atoms with Crippen molar-refractivity contribution < 1.29 is 0 Å². The second kappa shape index (κ2) is 6.17. The lowest BCUT2D eigenvalue weighted by Crippen LogP contribution is -2.50. The fraction of sp³-hybridized carbons (Fsp3) is 1.00. The first-order valence-corrected chi connectivity index (χ1v) is 7.28. The van der Waals surface area contributed by atoms with E-state index < -0.39 is 0 Å². The topological polar surface area (TPSA) is 18.5 Å². The van der Waals surface area contributed by atoms with Crippen LogP contribution in [-0.4, -0.2) is 62.2 Å². The molecule has 3 heteroatoms. The Morgan fingerprint density at radius 2 is 1.71 bits per heavy atom. The maximum atomic E-state index is 3.94. The summed E-state index contributed by atoms with van der Waals surface area (Å²) < 4.78 is 0. The maximum absolute atomic E-state index is 3.94. The third-order valence-corrected chi connectivity index (χ3v) is 4.51. The zero-order valence-corrected chi connectivity index (χ0v) is 11.8. The molecule has 0 spiro atoms. The lowest BCUT2D eigenvalue weighted by Gasteiger charge is -2.37. The van der Waals surface area contributed by atoms with Crippen LogP contribution in [-0.2, 0) is 0 Å². The highest BCUT2D eigenvalue weighted by Gasteiger charge is 2.26. The minimum Gasteiger partial charge on any atom is -0.311 e. The number of likely N-dealkylation sites (tertiary alicyclic amines) is 2. The molecule has 0 amide bonds. The number of nitrogens with zero attached hydrogens (tertiary/aromatic N) is 2. The van der Waals surface area contributed by atoms with Gasteiger partial charge in [0.05, 0.1) is 0 Å². The first kappa shape index (κ1) is 13.3. The van der Waals surface area contributed by atoms with Crippen LogP contribution in [0.15, 0.2) is 0 Å². The lowest BCUT2D eigenvalue weighted by molar-refractivity contribution is 0.163. The number of hydrogen-bond acceptors (Lipinski definition) is 3. The van der Waals surface area contributed by atoms with Crippen LogP contribution >= 0.6 is 0 Å². The molecule has 17 heavy (non-hydrogen) atoms. The van der Waals surface area contributed by atoms with Gasteiger partial charge in [0.15, 0.2) is 0 Å². The summed E-state index contributed by atoms with van der Waals surface area (Å²) in [6, 6.07) is 1.51. The molecule has 2 aliphatic rings. The van der Waals surface area contributed by atoms with Crippen molar-refractivity contribution in [3.8, 4) is 0 Å². The molecule has 100 valence electrons. The second-order valence-corrected chi connectivity index (χ2v) is 6.23. The molecule has 0 aromatic carbocycles. The Morgan fingerprint density at radius 1 is 0.941 bits per heavy atom. The molecule has 1 N–H and O–H groups in total. The minimum atomic E-state index is 0.750.